The standard InChI is InChI=1S/C9H15NO/c1-5(10)7-8(6(2)11)9(7,3)4/h7-8H,1,10H2,2-4H3/t7?,8-/m1/s1. The molecule has 62 valence electrons. The van der Waals surface area contributed by atoms with Gasteiger partial charge in [-0.1, -0.05) is 20.4 Å². The van der Waals surface area contributed by atoms with Crippen LogP contribution in [-0.4, -0.2) is 5.78 Å². The van der Waals surface area contributed by atoms with E-state index in [2.05, 4.69) is 20.4 Å². The molecule has 2 heteroatoms. The first-order chi connectivity index (χ1) is 4.89. The minimum Gasteiger partial charge on any atom is -0.402 e. The quantitative estimate of drug-likeness (QED) is 0.650. The molecule has 0 saturated heterocycles. The Hall–Kier alpha value is -0.790. The Labute approximate surface area is 67.5 Å². The molecule has 0 spiro atoms. The van der Waals surface area contributed by atoms with Gasteiger partial charge in [-0.05, 0) is 12.3 Å². The zero-order valence-corrected chi connectivity index (χ0v) is 7.35. The van der Waals surface area contributed by atoms with E-state index in [1.807, 2.05) is 0 Å². The number of carbonyl (C=O) groups is 1. The summed E-state index contributed by atoms with van der Waals surface area (Å²) in [4.78, 5) is 11.0. The van der Waals surface area contributed by atoms with Crippen LogP contribution in [0, 0.1) is 17.3 Å². The van der Waals surface area contributed by atoms with E-state index >= 15 is 0 Å². The van der Waals surface area contributed by atoms with Crippen molar-refractivity contribution in [1.29, 1.82) is 0 Å². The van der Waals surface area contributed by atoms with Gasteiger partial charge in [0.2, 0.25) is 0 Å². The summed E-state index contributed by atoms with van der Waals surface area (Å²) in [5.41, 5.74) is 6.26. The Morgan fingerprint density at radius 3 is 2.00 bits per heavy atom. The molecular formula is C9H15NO. The Kier molecular flexibility index (Phi) is 1.58. The van der Waals surface area contributed by atoms with E-state index in [0.29, 0.717) is 5.70 Å². The number of Topliss-reactive ketones (excluding diaryl/α,β-unsaturated/α-hetero) is 1. The minimum absolute atomic E-state index is 0.0532. The highest BCUT2D eigenvalue weighted by Gasteiger charge is 2.60. The van der Waals surface area contributed by atoms with Crippen LogP contribution in [0.3, 0.4) is 0 Å². The van der Waals surface area contributed by atoms with Gasteiger partial charge in [-0.3, -0.25) is 4.79 Å². The molecule has 0 heterocycles. The largest absolute Gasteiger partial charge is 0.402 e. The maximum atomic E-state index is 11.0. The summed E-state index contributed by atoms with van der Waals surface area (Å²) in [7, 11) is 0. The topological polar surface area (TPSA) is 43.1 Å². The van der Waals surface area contributed by atoms with E-state index in [1.54, 1.807) is 6.92 Å². The van der Waals surface area contributed by atoms with Crippen molar-refractivity contribution in [1.82, 2.24) is 0 Å². The predicted octanol–water partition coefficient (Wildman–Crippen LogP) is 1.32. The van der Waals surface area contributed by atoms with E-state index < -0.39 is 0 Å². The van der Waals surface area contributed by atoms with Crippen molar-refractivity contribution in [2.45, 2.75) is 20.8 Å². The molecule has 1 aliphatic rings. The van der Waals surface area contributed by atoms with Gasteiger partial charge in [0.15, 0.2) is 0 Å². The molecule has 1 unspecified atom stereocenters. The fraction of sp³-hybridized carbons (Fsp3) is 0.667. The first-order valence-corrected chi connectivity index (χ1v) is 3.83. The van der Waals surface area contributed by atoms with Crippen molar-refractivity contribution in [2.75, 3.05) is 0 Å². The number of nitrogens with two attached hydrogens (primary N) is 1. The normalized spacial score (nSPS) is 33.0. The molecule has 0 aliphatic heterocycles. The molecule has 0 aromatic carbocycles. The highest BCUT2D eigenvalue weighted by atomic mass is 16.1. The number of hydrogen-bond donors (Lipinski definition) is 1. The summed E-state index contributed by atoms with van der Waals surface area (Å²) in [5, 5.41) is 0. The smallest absolute Gasteiger partial charge is 0.134 e. The summed E-state index contributed by atoms with van der Waals surface area (Å²) in [5.74, 6) is 0.548. The highest BCUT2D eigenvalue weighted by molar-refractivity contribution is 5.83. The Morgan fingerprint density at radius 2 is 1.91 bits per heavy atom. The van der Waals surface area contributed by atoms with Crippen LogP contribution in [0.5, 0.6) is 0 Å². The summed E-state index contributed by atoms with van der Waals surface area (Å²) in [6, 6.07) is 0. The third-order valence-corrected chi connectivity index (χ3v) is 2.66. The van der Waals surface area contributed by atoms with Crippen molar-refractivity contribution in [3.05, 3.63) is 12.3 Å². The van der Waals surface area contributed by atoms with Crippen molar-refractivity contribution < 1.29 is 4.79 Å². The maximum Gasteiger partial charge on any atom is 0.134 e. The highest BCUT2D eigenvalue weighted by Crippen LogP contribution is 2.60. The lowest BCUT2D eigenvalue weighted by Crippen LogP contribution is -2.02. The molecule has 1 aliphatic carbocycles. The molecule has 1 fully saturated rings. The Morgan fingerprint density at radius 1 is 1.45 bits per heavy atom. The average molecular weight is 153 g/mol. The second-order valence-corrected chi connectivity index (χ2v) is 3.96. The average Bonchev–Trinajstić information content (AvgIpc) is 2.33. The molecule has 1 saturated carbocycles. The van der Waals surface area contributed by atoms with Crippen LogP contribution in [0.1, 0.15) is 20.8 Å². The number of ketones is 1. The van der Waals surface area contributed by atoms with Crippen molar-refractivity contribution in [2.24, 2.45) is 23.0 Å². The van der Waals surface area contributed by atoms with Crippen LogP contribution in [-0.2, 0) is 4.79 Å². The third-order valence-electron chi connectivity index (χ3n) is 2.66. The van der Waals surface area contributed by atoms with E-state index in [9.17, 15) is 4.79 Å². The lowest BCUT2D eigenvalue weighted by Gasteiger charge is -1.99. The van der Waals surface area contributed by atoms with Crippen LogP contribution in [0.25, 0.3) is 0 Å². The van der Waals surface area contributed by atoms with Crippen molar-refractivity contribution in [3.63, 3.8) is 0 Å². The Bertz CT molecular complexity index is 196. The van der Waals surface area contributed by atoms with Gasteiger partial charge in [-0.2, -0.15) is 0 Å². The molecule has 0 radical (unpaired) electrons. The lowest BCUT2D eigenvalue weighted by atomic mass is 10.1. The first-order valence-electron chi connectivity index (χ1n) is 3.83. The van der Waals surface area contributed by atoms with Gasteiger partial charge in [0, 0.05) is 17.5 Å². The van der Waals surface area contributed by atoms with Gasteiger partial charge >= 0.3 is 0 Å². The number of rotatable bonds is 2. The molecule has 2 nitrogen and oxygen atoms in total. The summed E-state index contributed by atoms with van der Waals surface area (Å²) >= 11 is 0. The van der Waals surface area contributed by atoms with Crippen LogP contribution in [0.15, 0.2) is 12.3 Å². The summed E-state index contributed by atoms with van der Waals surface area (Å²) in [6.07, 6.45) is 0. The molecule has 0 aromatic rings. The monoisotopic (exact) mass is 153 g/mol. The predicted molar refractivity (Wildman–Crippen MR) is 44.8 cm³/mol. The number of allylic oxidation sites excluding steroid dienone is 1. The Balaban J connectivity index is 2.76. The third kappa shape index (κ3) is 1.06. The van der Waals surface area contributed by atoms with Crippen molar-refractivity contribution in [3.8, 4) is 0 Å². The van der Waals surface area contributed by atoms with Crippen LogP contribution in [0.4, 0.5) is 0 Å². The number of hydrogen-bond acceptors (Lipinski definition) is 2. The van der Waals surface area contributed by atoms with Gasteiger partial charge < -0.3 is 5.73 Å². The molecular weight excluding hydrogens is 138 g/mol. The summed E-state index contributed by atoms with van der Waals surface area (Å²) in [6.45, 7) is 9.41. The van der Waals surface area contributed by atoms with E-state index in [1.165, 1.54) is 0 Å². The van der Waals surface area contributed by atoms with Crippen LogP contribution >= 0.6 is 0 Å². The van der Waals surface area contributed by atoms with E-state index in [-0.39, 0.29) is 23.0 Å². The molecule has 0 amide bonds. The van der Waals surface area contributed by atoms with Gasteiger partial charge in [-0.15, -0.1) is 0 Å². The fourth-order valence-corrected chi connectivity index (χ4v) is 2.09. The molecule has 11 heavy (non-hydrogen) atoms. The van der Waals surface area contributed by atoms with Gasteiger partial charge in [0.05, 0.1) is 0 Å². The van der Waals surface area contributed by atoms with Crippen molar-refractivity contribution >= 4 is 5.78 Å². The molecule has 2 atom stereocenters. The zero-order chi connectivity index (χ0) is 8.81. The molecule has 1 rings (SSSR count). The van der Waals surface area contributed by atoms with Gasteiger partial charge in [-0.25, -0.2) is 0 Å². The van der Waals surface area contributed by atoms with Crippen LogP contribution < -0.4 is 5.73 Å². The van der Waals surface area contributed by atoms with E-state index in [4.69, 9.17) is 5.73 Å². The second-order valence-electron chi connectivity index (χ2n) is 3.96. The minimum atomic E-state index is 0.0532. The second kappa shape index (κ2) is 2.10. The van der Waals surface area contributed by atoms with Gasteiger partial charge in [0.1, 0.15) is 5.78 Å². The van der Waals surface area contributed by atoms with E-state index in [0.717, 1.165) is 0 Å². The molecule has 0 aromatic heterocycles. The number of carbonyl (C=O) groups excluding carboxylic acids is 1. The summed E-state index contributed by atoms with van der Waals surface area (Å²) < 4.78 is 0. The SMILES string of the molecule is C=C(N)C1[C@@H](C(C)=O)C1(C)C. The zero-order valence-electron chi connectivity index (χ0n) is 7.35. The fourth-order valence-electron chi connectivity index (χ4n) is 2.09. The maximum absolute atomic E-state index is 11.0. The first kappa shape index (κ1) is 8.31. The molecule has 0 bridgehead atoms. The lowest BCUT2D eigenvalue weighted by molar-refractivity contribution is -0.118. The molecule has 2 N–H and O–H groups in total. The van der Waals surface area contributed by atoms with Crippen LogP contribution in [0.2, 0.25) is 0 Å². The van der Waals surface area contributed by atoms with Gasteiger partial charge in [0.25, 0.3) is 0 Å².